The quantitative estimate of drug-likeness (QED) is 0.927. The maximum atomic E-state index is 5.83. The second-order valence-corrected chi connectivity index (χ2v) is 5.59. The smallest absolute Gasteiger partial charge is 0.134 e. The predicted molar refractivity (Wildman–Crippen MR) is 64.3 cm³/mol. The lowest BCUT2D eigenvalue weighted by Gasteiger charge is -2.23. The van der Waals surface area contributed by atoms with Gasteiger partial charge in [-0.25, -0.2) is 0 Å². The van der Waals surface area contributed by atoms with Gasteiger partial charge in [-0.15, -0.1) is 0 Å². The molecule has 4 atom stereocenters. The van der Waals surface area contributed by atoms with E-state index in [9.17, 15) is 0 Å². The van der Waals surface area contributed by atoms with E-state index in [-0.39, 0.29) is 6.04 Å². The molecule has 3 rings (SSSR count). The van der Waals surface area contributed by atoms with Crippen molar-refractivity contribution in [1.29, 1.82) is 0 Å². The van der Waals surface area contributed by atoms with Gasteiger partial charge in [0.25, 0.3) is 0 Å². The topological polar surface area (TPSA) is 34.4 Å². The third-order valence-corrected chi connectivity index (χ3v) is 4.26. The number of furan rings is 1. The van der Waals surface area contributed by atoms with Gasteiger partial charge in [0, 0.05) is 6.04 Å². The normalized spacial score (nSPS) is 34.5. The highest BCUT2D eigenvalue weighted by atomic mass is 79.9. The zero-order valence-corrected chi connectivity index (χ0v) is 10.9. The lowest BCUT2D eigenvalue weighted by Crippen LogP contribution is -2.38. The number of hydrogen-bond acceptors (Lipinski definition) is 3. The number of hydrogen-bond donors (Lipinski definition) is 1. The van der Waals surface area contributed by atoms with Gasteiger partial charge in [0.2, 0.25) is 0 Å². The lowest BCUT2D eigenvalue weighted by atomic mass is 9.95. The van der Waals surface area contributed by atoms with Crippen molar-refractivity contribution >= 4 is 15.9 Å². The van der Waals surface area contributed by atoms with Crippen molar-refractivity contribution in [2.24, 2.45) is 0 Å². The summed E-state index contributed by atoms with van der Waals surface area (Å²) < 4.78 is 12.3. The minimum absolute atomic E-state index is 0.234. The number of rotatable bonds is 3. The van der Waals surface area contributed by atoms with E-state index in [4.69, 9.17) is 9.15 Å². The molecule has 0 radical (unpaired) electrons. The molecule has 2 fully saturated rings. The van der Waals surface area contributed by atoms with Crippen LogP contribution in [0.2, 0.25) is 0 Å². The highest BCUT2D eigenvalue weighted by Crippen LogP contribution is 2.36. The Morgan fingerprint density at radius 2 is 2.38 bits per heavy atom. The van der Waals surface area contributed by atoms with Crippen LogP contribution in [-0.2, 0) is 4.74 Å². The molecule has 16 heavy (non-hydrogen) atoms. The van der Waals surface area contributed by atoms with E-state index < -0.39 is 0 Å². The molecular formula is C12H16BrNO2. The maximum absolute atomic E-state index is 5.83. The molecule has 88 valence electrons. The molecule has 2 bridgehead atoms. The van der Waals surface area contributed by atoms with E-state index in [1.54, 1.807) is 6.26 Å². The number of halogens is 1. The zero-order chi connectivity index (χ0) is 11.1. The van der Waals surface area contributed by atoms with Crippen LogP contribution in [0.3, 0.4) is 0 Å². The first-order chi connectivity index (χ1) is 7.74. The number of nitrogens with one attached hydrogen (secondary N) is 1. The fourth-order valence-corrected chi connectivity index (χ4v) is 3.37. The SMILES string of the molecule is CC(NC1CC2CCC1O2)c1occc1Br. The van der Waals surface area contributed by atoms with E-state index in [1.807, 2.05) is 6.07 Å². The molecule has 0 aromatic carbocycles. The highest BCUT2D eigenvalue weighted by Gasteiger charge is 2.41. The van der Waals surface area contributed by atoms with Crippen LogP contribution in [0.1, 0.15) is 38.0 Å². The van der Waals surface area contributed by atoms with E-state index >= 15 is 0 Å². The lowest BCUT2D eigenvalue weighted by molar-refractivity contribution is 0.0959. The van der Waals surface area contributed by atoms with E-state index in [0.29, 0.717) is 18.2 Å². The van der Waals surface area contributed by atoms with Crippen LogP contribution in [0.15, 0.2) is 21.2 Å². The van der Waals surface area contributed by atoms with Gasteiger partial charge < -0.3 is 14.5 Å². The van der Waals surface area contributed by atoms with Gasteiger partial charge in [-0.1, -0.05) is 0 Å². The van der Waals surface area contributed by atoms with Crippen LogP contribution in [-0.4, -0.2) is 18.2 Å². The summed E-state index contributed by atoms with van der Waals surface area (Å²) in [7, 11) is 0. The maximum Gasteiger partial charge on any atom is 0.134 e. The van der Waals surface area contributed by atoms with Crippen molar-refractivity contribution in [3.05, 3.63) is 22.6 Å². The summed E-state index contributed by atoms with van der Waals surface area (Å²) in [4.78, 5) is 0. The van der Waals surface area contributed by atoms with Crippen molar-refractivity contribution < 1.29 is 9.15 Å². The Labute approximate surface area is 104 Å². The molecule has 2 aliphatic heterocycles. The summed E-state index contributed by atoms with van der Waals surface area (Å²) in [5, 5.41) is 3.60. The Morgan fingerprint density at radius 1 is 1.50 bits per heavy atom. The third-order valence-electron chi connectivity index (χ3n) is 3.61. The monoisotopic (exact) mass is 285 g/mol. The van der Waals surface area contributed by atoms with Crippen LogP contribution in [0.25, 0.3) is 0 Å². The van der Waals surface area contributed by atoms with Crippen molar-refractivity contribution in [2.45, 2.75) is 50.5 Å². The minimum Gasteiger partial charge on any atom is -0.466 e. The Morgan fingerprint density at radius 3 is 2.94 bits per heavy atom. The van der Waals surface area contributed by atoms with E-state index in [2.05, 4.69) is 28.2 Å². The first-order valence-electron chi connectivity index (χ1n) is 5.88. The van der Waals surface area contributed by atoms with Gasteiger partial charge in [-0.05, 0) is 48.2 Å². The third kappa shape index (κ3) is 1.83. The Hall–Kier alpha value is -0.320. The van der Waals surface area contributed by atoms with Gasteiger partial charge in [0.15, 0.2) is 0 Å². The van der Waals surface area contributed by atoms with Crippen molar-refractivity contribution in [3.8, 4) is 0 Å². The molecular weight excluding hydrogens is 270 g/mol. The van der Waals surface area contributed by atoms with Gasteiger partial charge in [0.05, 0.1) is 29.0 Å². The van der Waals surface area contributed by atoms with E-state index in [1.165, 1.54) is 12.8 Å². The van der Waals surface area contributed by atoms with Crippen molar-refractivity contribution in [3.63, 3.8) is 0 Å². The molecule has 0 spiro atoms. The standard InChI is InChI=1S/C12H16BrNO2/c1-7(12-9(13)4-5-15-12)14-10-6-8-2-3-11(10)16-8/h4-5,7-8,10-11,14H,2-3,6H2,1H3. The summed E-state index contributed by atoms with van der Waals surface area (Å²) in [5.74, 6) is 0.975. The Balaban J connectivity index is 1.65. The Bertz CT molecular complexity index is 379. The van der Waals surface area contributed by atoms with Gasteiger partial charge in [-0.2, -0.15) is 0 Å². The Kier molecular flexibility index (Phi) is 2.81. The summed E-state index contributed by atoms with van der Waals surface area (Å²) >= 11 is 3.49. The average molecular weight is 286 g/mol. The summed E-state index contributed by atoms with van der Waals surface area (Å²) in [5.41, 5.74) is 0. The summed E-state index contributed by atoms with van der Waals surface area (Å²) in [6, 6.07) is 2.66. The second kappa shape index (κ2) is 4.17. The fraction of sp³-hybridized carbons (Fsp3) is 0.667. The summed E-state index contributed by atoms with van der Waals surface area (Å²) in [6.45, 7) is 2.13. The molecule has 0 amide bonds. The predicted octanol–water partition coefficient (Wildman–Crippen LogP) is 3.01. The highest BCUT2D eigenvalue weighted by molar-refractivity contribution is 9.10. The molecule has 2 aliphatic rings. The van der Waals surface area contributed by atoms with Gasteiger partial charge in [-0.3, -0.25) is 0 Å². The molecule has 0 saturated carbocycles. The van der Waals surface area contributed by atoms with Crippen LogP contribution in [0.4, 0.5) is 0 Å². The van der Waals surface area contributed by atoms with Gasteiger partial charge >= 0.3 is 0 Å². The second-order valence-electron chi connectivity index (χ2n) is 4.74. The zero-order valence-electron chi connectivity index (χ0n) is 9.28. The minimum atomic E-state index is 0.234. The summed E-state index contributed by atoms with van der Waals surface area (Å²) in [6.07, 6.45) is 6.22. The molecule has 3 heterocycles. The fourth-order valence-electron chi connectivity index (χ4n) is 2.82. The first kappa shape index (κ1) is 10.8. The van der Waals surface area contributed by atoms with Crippen LogP contribution >= 0.6 is 15.9 Å². The first-order valence-corrected chi connectivity index (χ1v) is 6.67. The molecule has 4 heteroatoms. The molecule has 3 nitrogen and oxygen atoms in total. The largest absolute Gasteiger partial charge is 0.466 e. The van der Waals surface area contributed by atoms with Crippen LogP contribution in [0, 0.1) is 0 Å². The molecule has 4 unspecified atom stereocenters. The van der Waals surface area contributed by atoms with Crippen LogP contribution in [0.5, 0.6) is 0 Å². The van der Waals surface area contributed by atoms with Crippen molar-refractivity contribution in [2.75, 3.05) is 0 Å². The average Bonchev–Trinajstić information content (AvgIpc) is 2.92. The van der Waals surface area contributed by atoms with Crippen LogP contribution < -0.4 is 5.32 Å². The molecule has 1 aromatic rings. The van der Waals surface area contributed by atoms with E-state index in [0.717, 1.165) is 16.7 Å². The van der Waals surface area contributed by atoms with Gasteiger partial charge in [0.1, 0.15) is 5.76 Å². The molecule has 1 N–H and O–H groups in total. The molecule has 1 aromatic heterocycles. The number of fused-ring (bicyclic) bond motifs is 2. The molecule has 2 saturated heterocycles. The number of ether oxygens (including phenoxy) is 1. The van der Waals surface area contributed by atoms with Crippen molar-refractivity contribution in [1.82, 2.24) is 5.32 Å². The molecule has 0 aliphatic carbocycles.